The molecule has 1 atom stereocenters. The summed E-state index contributed by atoms with van der Waals surface area (Å²) in [6, 6.07) is 0. The fourth-order valence-corrected chi connectivity index (χ4v) is 3.86. The first-order valence-corrected chi connectivity index (χ1v) is 7.58. The molecule has 0 saturated carbocycles. The highest BCUT2D eigenvalue weighted by molar-refractivity contribution is 7.89. The topological polar surface area (TPSA) is 63.4 Å². The molecular formula is C11H24N2O2S. The van der Waals surface area contributed by atoms with Crippen molar-refractivity contribution in [3.05, 3.63) is 0 Å². The molecule has 1 heterocycles. The normalized spacial score (nSPS) is 24.6. The van der Waals surface area contributed by atoms with E-state index in [1.54, 1.807) is 0 Å². The smallest absolute Gasteiger partial charge is 0.215 e. The van der Waals surface area contributed by atoms with E-state index in [9.17, 15) is 8.42 Å². The van der Waals surface area contributed by atoms with Crippen LogP contribution >= 0.6 is 0 Å². The van der Waals surface area contributed by atoms with Gasteiger partial charge in [0.15, 0.2) is 0 Å². The van der Waals surface area contributed by atoms with Crippen LogP contribution in [-0.4, -0.2) is 31.2 Å². The molecule has 1 rings (SSSR count). The summed E-state index contributed by atoms with van der Waals surface area (Å²) >= 11 is 0. The second-order valence-electron chi connectivity index (χ2n) is 5.80. The fourth-order valence-electron chi connectivity index (χ4n) is 1.83. The molecule has 1 saturated heterocycles. The Bertz CT molecular complexity index is 319. The van der Waals surface area contributed by atoms with Crippen molar-refractivity contribution in [2.24, 2.45) is 11.1 Å². The van der Waals surface area contributed by atoms with E-state index in [2.05, 4.69) is 20.8 Å². The second kappa shape index (κ2) is 5.02. The molecule has 5 heteroatoms. The SMILES string of the molecule is CC(C)(C)CCS(=O)(=O)N1CCCCC1N. The van der Waals surface area contributed by atoms with Gasteiger partial charge < -0.3 is 5.73 Å². The van der Waals surface area contributed by atoms with Crippen LogP contribution in [0.5, 0.6) is 0 Å². The quantitative estimate of drug-likeness (QED) is 0.823. The van der Waals surface area contributed by atoms with Crippen molar-refractivity contribution in [1.29, 1.82) is 0 Å². The van der Waals surface area contributed by atoms with Crippen LogP contribution in [0.25, 0.3) is 0 Å². The highest BCUT2D eigenvalue weighted by Crippen LogP contribution is 2.23. The average Bonchev–Trinajstić information content (AvgIpc) is 2.14. The van der Waals surface area contributed by atoms with Gasteiger partial charge in [0, 0.05) is 6.54 Å². The van der Waals surface area contributed by atoms with Crippen molar-refractivity contribution >= 4 is 10.0 Å². The van der Waals surface area contributed by atoms with Gasteiger partial charge in [0.05, 0.1) is 11.9 Å². The number of piperidine rings is 1. The molecule has 0 spiro atoms. The third-order valence-electron chi connectivity index (χ3n) is 2.97. The van der Waals surface area contributed by atoms with Gasteiger partial charge in [-0.1, -0.05) is 20.8 Å². The third-order valence-corrected chi connectivity index (χ3v) is 4.85. The molecule has 0 radical (unpaired) electrons. The Morgan fingerprint density at radius 2 is 1.94 bits per heavy atom. The number of sulfonamides is 1. The summed E-state index contributed by atoms with van der Waals surface area (Å²) in [5.74, 6) is 0.212. The molecule has 0 aromatic rings. The van der Waals surface area contributed by atoms with Gasteiger partial charge >= 0.3 is 0 Å². The second-order valence-corrected chi connectivity index (χ2v) is 7.84. The number of hydrogen-bond donors (Lipinski definition) is 1. The van der Waals surface area contributed by atoms with Crippen molar-refractivity contribution in [3.8, 4) is 0 Å². The molecule has 0 aromatic carbocycles. The van der Waals surface area contributed by atoms with Gasteiger partial charge in [-0.15, -0.1) is 0 Å². The minimum atomic E-state index is -3.16. The molecule has 1 unspecified atom stereocenters. The lowest BCUT2D eigenvalue weighted by Gasteiger charge is -2.32. The fraction of sp³-hybridized carbons (Fsp3) is 1.00. The molecular weight excluding hydrogens is 224 g/mol. The monoisotopic (exact) mass is 248 g/mol. The summed E-state index contributed by atoms with van der Waals surface area (Å²) in [6.07, 6.45) is 3.13. The summed E-state index contributed by atoms with van der Waals surface area (Å²) in [7, 11) is -3.16. The summed E-state index contributed by atoms with van der Waals surface area (Å²) < 4.78 is 25.7. The Morgan fingerprint density at radius 3 is 2.44 bits per heavy atom. The van der Waals surface area contributed by atoms with Gasteiger partial charge in [-0.05, 0) is 31.1 Å². The van der Waals surface area contributed by atoms with Gasteiger partial charge in [-0.25, -0.2) is 8.42 Å². The van der Waals surface area contributed by atoms with Gasteiger partial charge in [0.2, 0.25) is 10.0 Å². The maximum Gasteiger partial charge on any atom is 0.215 e. The number of nitrogens with two attached hydrogens (primary N) is 1. The molecule has 0 aromatic heterocycles. The zero-order valence-electron chi connectivity index (χ0n) is 10.6. The van der Waals surface area contributed by atoms with Crippen LogP contribution in [-0.2, 0) is 10.0 Å². The first-order chi connectivity index (χ1) is 7.22. The van der Waals surface area contributed by atoms with E-state index in [4.69, 9.17) is 5.73 Å². The minimum absolute atomic E-state index is 0.0486. The molecule has 4 nitrogen and oxygen atoms in total. The first kappa shape index (κ1) is 13.9. The van der Waals surface area contributed by atoms with E-state index in [1.807, 2.05) is 0 Å². The van der Waals surface area contributed by atoms with E-state index in [-0.39, 0.29) is 17.3 Å². The van der Waals surface area contributed by atoms with E-state index >= 15 is 0 Å². The predicted molar refractivity (Wildman–Crippen MR) is 66.4 cm³/mol. The molecule has 2 N–H and O–H groups in total. The van der Waals surface area contributed by atoms with Crippen LogP contribution in [0.2, 0.25) is 0 Å². The molecule has 1 fully saturated rings. The van der Waals surface area contributed by atoms with Crippen LogP contribution in [0.15, 0.2) is 0 Å². The zero-order valence-corrected chi connectivity index (χ0v) is 11.4. The standard InChI is InChI=1S/C11H24N2O2S/c1-11(2,3)7-9-16(14,15)13-8-5-4-6-10(13)12/h10H,4-9,12H2,1-3H3. The maximum atomic E-state index is 12.1. The number of rotatable bonds is 3. The molecule has 0 amide bonds. The third kappa shape index (κ3) is 4.03. The van der Waals surface area contributed by atoms with Gasteiger partial charge in [-0.2, -0.15) is 4.31 Å². The molecule has 16 heavy (non-hydrogen) atoms. The molecule has 1 aliphatic heterocycles. The van der Waals surface area contributed by atoms with Crippen LogP contribution in [0.3, 0.4) is 0 Å². The zero-order chi connectivity index (χ0) is 12.4. The molecule has 0 bridgehead atoms. The van der Waals surface area contributed by atoms with Crippen LogP contribution in [0, 0.1) is 5.41 Å². The number of hydrogen-bond acceptors (Lipinski definition) is 3. The number of nitrogens with zero attached hydrogens (tertiary/aromatic N) is 1. The van der Waals surface area contributed by atoms with Crippen molar-refractivity contribution in [2.75, 3.05) is 12.3 Å². The van der Waals surface area contributed by atoms with Gasteiger partial charge in [0.25, 0.3) is 0 Å². The summed E-state index contributed by atoms with van der Waals surface area (Å²) in [5, 5.41) is 0. The van der Waals surface area contributed by atoms with Crippen LogP contribution in [0.1, 0.15) is 46.5 Å². The van der Waals surface area contributed by atoms with Crippen molar-refractivity contribution in [1.82, 2.24) is 4.31 Å². The lowest BCUT2D eigenvalue weighted by molar-refractivity contribution is 0.256. The summed E-state index contributed by atoms with van der Waals surface area (Å²) in [5.41, 5.74) is 5.90. The Morgan fingerprint density at radius 1 is 1.31 bits per heavy atom. The maximum absolute atomic E-state index is 12.1. The van der Waals surface area contributed by atoms with E-state index in [0.29, 0.717) is 13.0 Å². The minimum Gasteiger partial charge on any atom is -0.315 e. The Hall–Kier alpha value is -0.130. The first-order valence-electron chi connectivity index (χ1n) is 5.97. The van der Waals surface area contributed by atoms with E-state index in [1.165, 1.54) is 4.31 Å². The summed E-state index contributed by atoms with van der Waals surface area (Å²) in [6.45, 7) is 6.75. The van der Waals surface area contributed by atoms with E-state index in [0.717, 1.165) is 19.3 Å². The van der Waals surface area contributed by atoms with Crippen molar-refractivity contribution in [3.63, 3.8) is 0 Å². The van der Waals surface area contributed by atoms with Gasteiger partial charge in [-0.3, -0.25) is 0 Å². The average molecular weight is 248 g/mol. The van der Waals surface area contributed by atoms with Gasteiger partial charge in [0.1, 0.15) is 0 Å². The molecule has 1 aliphatic rings. The van der Waals surface area contributed by atoms with Crippen molar-refractivity contribution < 1.29 is 8.42 Å². The van der Waals surface area contributed by atoms with Crippen molar-refractivity contribution in [2.45, 2.75) is 52.6 Å². The largest absolute Gasteiger partial charge is 0.315 e. The Balaban J connectivity index is 2.62. The lowest BCUT2D eigenvalue weighted by Crippen LogP contribution is -2.49. The Labute approximate surface area is 99.2 Å². The lowest BCUT2D eigenvalue weighted by atomic mass is 9.94. The highest BCUT2D eigenvalue weighted by Gasteiger charge is 2.30. The van der Waals surface area contributed by atoms with Crippen LogP contribution in [0.4, 0.5) is 0 Å². The molecule has 0 aliphatic carbocycles. The highest BCUT2D eigenvalue weighted by atomic mass is 32.2. The van der Waals surface area contributed by atoms with E-state index < -0.39 is 10.0 Å². The predicted octanol–water partition coefficient (Wildman–Crippen LogP) is 1.52. The summed E-state index contributed by atoms with van der Waals surface area (Å²) in [4.78, 5) is 0. The molecule has 96 valence electrons. The Kier molecular flexibility index (Phi) is 4.37. The van der Waals surface area contributed by atoms with Crippen LogP contribution < -0.4 is 5.73 Å².